The molecule has 0 spiro atoms. The summed E-state index contributed by atoms with van der Waals surface area (Å²) in [6.45, 7) is 6.17. The molecule has 1 aliphatic rings. The van der Waals surface area contributed by atoms with Crippen LogP contribution < -0.4 is 15.0 Å². The zero-order chi connectivity index (χ0) is 14.4. The van der Waals surface area contributed by atoms with Gasteiger partial charge in [-0.15, -0.1) is 0 Å². The van der Waals surface area contributed by atoms with Crippen LogP contribution in [0.1, 0.15) is 46.0 Å². The van der Waals surface area contributed by atoms with Gasteiger partial charge in [-0.3, -0.25) is 0 Å². The second-order valence-electron chi connectivity index (χ2n) is 5.15. The number of aromatic nitrogens is 3. The van der Waals surface area contributed by atoms with Crippen molar-refractivity contribution in [1.29, 1.82) is 0 Å². The number of anilines is 2. The summed E-state index contributed by atoms with van der Waals surface area (Å²) < 4.78 is 5.20. The van der Waals surface area contributed by atoms with Gasteiger partial charge in [0.15, 0.2) is 0 Å². The maximum atomic E-state index is 5.20. The van der Waals surface area contributed by atoms with E-state index in [1.807, 2.05) is 0 Å². The van der Waals surface area contributed by atoms with Gasteiger partial charge in [-0.1, -0.05) is 20.3 Å². The Balaban J connectivity index is 2.18. The van der Waals surface area contributed by atoms with Gasteiger partial charge in [0.25, 0.3) is 0 Å². The smallest absolute Gasteiger partial charge is 0.322 e. The van der Waals surface area contributed by atoms with Crippen LogP contribution in [0, 0.1) is 0 Å². The molecule has 20 heavy (non-hydrogen) atoms. The molecular formula is C14H25N5O. The molecule has 1 heterocycles. The summed E-state index contributed by atoms with van der Waals surface area (Å²) in [6.07, 6.45) is 5.82. The van der Waals surface area contributed by atoms with Crippen molar-refractivity contribution >= 4 is 11.9 Å². The number of hydrogen-bond donors (Lipinski definition) is 1. The van der Waals surface area contributed by atoms with Crippen LogP contribution in [0.2, 0.25) is 0 Å². The summed E-state index contributed by atoms with van der Waals surface area (Å²) in [7, 11) is 1.59. The van der Waals surface area contributed by atoms with Crippen LogP contribution in [0.3, 0.4) is 0 Å². The lowest BCUT2D eigenvalue weighted by atomic mass is 10.3. The van der Waals surface area contributed by atoms with Gasteiger partial charge in [-0.2, -0.15) is 15.0 Å². The molecule has 0 radical (unpaired) electrons. The van der Waals surface area contributed by atoms with Crippen molar-refractivity contribution in [3.8, 4) is 6.01 Å². The third kappa shape index (κ3) is 3.95. The van der Waals surface area contributed by atoms with Gasteiger partial charge in [-0.25, -0.2) is 0 Å². The predicted molar refractivity (Wildman–Crippen MR) is 80.4 cm³/mol. The topological polar surface area (TPSA) is 63.2 Å². The van der Waals surface area contributed by atoms with Crippen LogP contribution in [-0.2, 0) is 0 Å². The molecule has 1 saturated carbocycles. The van der Waals surface area contributed by atoms with Gasteiger partial charge in [0.1, 0.15) is 0 Å². The molecule has 0 bridgehead atoms. The number of rotatable bonds is 9. The molecule has 112 valence electrons. The molecule has 2 rings (SSSR count). The molecule has 1 fully saturated rings. The Morgan fingerprint density at radius 1 is 1.20 bits per heavy atom. The van der Waals surface area contributed by atoms with Gasteiger partial charge in [-0.05, 0) is 25.7 Å². The first kappa shape index (κ1) is 14.8. The predicted octanol–water partition coefficient (Wildman–Crippen LogP) is 2.47. The fraction of sp³-hybridized carbons (Fsp3) is 0.786. The summed E-state index contributed by atoms with van der Waals surface area (Å²) in [6, 6.07) is 0.975. The Bertz CT molecular complexity index is 422. The lowest BCUT2D eigenvalue weighted by Gasteiger charge is -2.22. The van der Waals surface area contributed by atoms with E-state index in [0.717, 1.165) is 31.9 Å². The molecule has 0 unspecified atom stereocenters. The fourth-order valence-corrected chi connectivity index (χ4v) is 2.04. The highest BCUT2D eigenvalue weighted by atomic mass is 16.5. The molecule has 0 saturated heterocycles. The summed E-state index contributed by atoms with van der Waals surface area (Å²) in [4.78, 5) is 15.5. The van der Waals surface area contributed by atoms with E-state index in [-0.39, 0.29) is 0 Å². The Labute approximate surface area is 121 Å². The highest BCUT2D eigenvalue weighted by molar-refractivity contribution is 5.40. The largest absolute Gasteiger partial charge is 0.467 e. The lowest BCUT2D eigenvalue weighted by molar-refractivity contribution is 0.378. The van der Waals surface area contributed by atoms with Crippen LogP contribution >= 0.6 is 0 Å². The van der Waals surface area contributed by atoms with Crippen LogP contribution in [0.15, 0.2) is 0 Å². The maximum Gasteiger partial charge on any atom is 0.322 e. The molecule has 6 nitrogen and oxygen atoms in total. The first-order valence-electron chi connectivity index (χ1n) is 7.59. The number of nitrogens with zero attached hydrogens (tertiary/aromatic N) is 4. The van der Waals surface area contributed by atoms with E-state index in [9.17, 15) is 0 Å². The van der Waals surface area contributed by atoms with Crippen molar-refractivity contribution < 1.29 is 4.74 Å². The van der Waals surface area contributed by atoms with Crippen molar-refractivity contribution in [1.82, 2.24) is 15.0 Å². The average molecular weight is 279 g/mol. The van der Waals surface area contributed by atoms with Gasteiger partial charge in [0, 0.05) is 19.1 Å². The molecular weight excluding hydrogens is 254 g/mol. The first-order valence-corrected chi connectivity index (χ1v) is 7.59. The summed E-state index contributed by atoms with van der Waals surface area (Å²) in [5.41, 5.74) is 0. The minimum atomic E-state index is 0.385. The highest BCUT2D eigenvalue weighted by Gasteiger charge is 2.31. The number of nitrogens with one attached hydrogen (secondary N) is 1. The van der Waals surface area contributed by atoms with Crippen molar-refractivity contribution in [3.63, 3.8) is 0 Å². The normalized spacial score (nSPS) is 14.2. The van der Waals surface area contributed by atoms with Crippen molar-refractivity contribution in [3.05, 3.63) is 0 Å². The van der Waals surface area contributed by atoms with E-state index in [0.29, 0.717) is 18.0 Å². The first-order chi connectivity index (χ1) is 9.78. The quantitative estimate of drug-likeness (QED) is 0.749. The Hall–Kier alpha value is -1.59. The monoisotopic (exact) mass is 279 g/mol. The van der Waals surface area contributed by atoms with E-state index in [1.54, 1.807) is 7.11 Å². The lowest BCUT2D eigenvalue weighted by Crippen LogP contribution is -2.29. The second kappa shape index (κ2) is 7.26. The third-order valence-electron chi connectivity index (χ3n) is 3.32. The molecule has 0 aromatic carbocycles. The van der Waals surface area contributed by atoms with E-state index in [1.165, 1.54) is 19.3 Å². The van der Waals surface area contributed by atoms with Crippen molar-refractivity contribution in [2.45, 2.75) is 52.0 Å². The van der Waals surface area contributed by atoms with E-state index in [4.69, 9.17) is 4.74 Å². The third-order valence-corrected chi connectivity index (χ3v) is 3.32. The number of hydrogen-bond acceptors (Lipinski definition) is 6. The van der Waals surface area contributed by atoms with Crippen molar-refractivity contribution in [2.24, 2.45) is 0 Å². The molecule has 0 atom stereocenters. The molecule has 1 aromatic rings. The zero-order valence-electron chi connectivity index (χ0n) is 12.7. The van der Waals surface area contributed by atoms with Crippen molar-refractivity contribution in [2.75, 3.05) is 30.4 Å². The SMILES string of the molecule is CCCCN(c1nc(NCCC)nc(OC)n1)C1CC1. The zero-order valence-corrected chi connectivity index (χ0v) is 12.7. The standard InChI is InChI=1S/C14H25N5O/c1-4-6-10-19(11-7-8-11)13-16-12(15-9-5-2)17-14(18-13)20-3/h11H,4-10H2,1-3H3,(H,15,16,17,18). The number of ether oxygens (including phenoxy) is 1. The van der Waals surface area contributed by atoms with Gasteiger partial charge in [0.2, 0.25) is 11.9 Å². The molecule has 6 heteroatoms. The van der Waals surface area contributed by atoms with Crippen LogP contribution in [-0.4, -0.2) is 41.2 Å². The van der Waals surface area contributed by atoms with Gasteiger partial charge >= 0.3 is 6.01 Å². The molecule has 1 aromatic heterocycles. The second-order valence-corrected chi connectivity index (χ2v) is 5.15. The number of unbranched alkanes of at least 4 members (excludes halogenated alkanes) is 1. The summed E-state index contributed by atoms with van der Waals surface area (Å²) in [5.74, 6) is 1.35. The fourth-order valence-electron chi connectivity index (χ4n) is 2.04. The Morgan fingerprint density at radius 3 is 2.60 bits per heavy atom. The number of methoxy groups -OCH3 is 1. The molecule has 1 N–H and O–H groups in total. The summed E-state index contributed by atoms with van der Waals surface area (Å²) >= 11 is 0. The molecule has 1 aliphatic carbocycles. The van der Waals surface area contributed by atoms with E-state index in [2.05, 4.69) is 39.0 Å². The van der Waals surface area contributed by atoms with Gasteiger partial charge in [0.05, 0.1) is 7.11 Å². The summed E-state index contributed by atoms with van der Waals surface area (Å²) in [5, 5.41) is 3.21. The average Bonchev–Trinajstić information content (AvgIpc) is 3.30. The van der Waals surface area contributed by atoms with Crippen LogP contribution in [0.25, 0.3) is 0 Å². The molecule has 0 amide bonds. The maximum absolute atomic E-state index is 5.20. The Kier molecular flexibility index (Phi) is 5.38. The minimum Gasteiger partial charge on any atom is -0.467 e. The van der Waals surface area contributed by atoms with Crippen LogP contribution in [0.4, 0.5) is 11.9 Å². The van der Waals surface area contributed by atoms with E-state index >= 15 is 0 Å². The highest BCUT2D eigenvalue weighted by Crippen LogP contribution is 2.31. The Morgan fingerprint density at radius 2 is 2.00 bits per heavy atom. The minimum absolute atomic E-state index is 0.385. The van der Waals surface area contributed by atoms with Gasteiger partial charge < -0.3 is 15.0 Å². The van der Waals surface area contributed by atoms with Crippen LogP contribution in [0.5, 0.6) is 6.01 Å². The molecule has 0 aliphatic heterocycles. The van der Waals surface area contributed by atoms with E-state index < -0.39 is 0 Å².